The van der Waals surface area contributed by atoms with Gasteiger partial charge in [-0.3, -0.25) is 9.13 Å². The largest absolute Gasteiger partial charge is 0.475 e. The molecule has 1 aromatic heterocycles. The van der Waals surface area contributed by atoms with Crippen LogP contribution in [0.3, 0.4) is 0 Å². The van der Waals surface area contributed by atoms with Crippen LogP contribution in [0.25, 0.3) is 0 Å². The van der Waals surface area contributed by atoms with E-state index in [0.717, 1.165) is 25.7 Å². The Labute approximate surface area is 388 Å². The first-order chi connectivity index (χ1) is 31.1. The van der Waals surface area contributed by atoms with E-state index in [-0.39, 0.29) is 70.6 Å². The Morgan fingerprint density at radius 3 is 1.00 bits per heavy atom. The minimum absolute atomic E-state index is 0.00160. The summed E-state index contributed by atoms with van der Waals surface area (Å²) in [4.78, 5) is 28.4. The van der Waals surface area contributed by atoms with E-state index in [1.165, 1.54) is 154 Å². The lowest BCUT2D eigenvalue weighted by molar-refractivity contribution is 0.0795. The maximum absolute atomic E-state index is 12.3. The number of hydrogen-bond donors (Lipinski definition) is 3. The molecule has 0 aromatic carbocycles. The Morgan fingerprint density at radius 1 is 0.406 bits per heavy atom. The van der Waals surface area contributed by atoms with Gasteiger partial charge in [-0.15, -0.1) is 0 Å². The molecule has 0 radical (unpaired) electrons. The Bertz CT molecular complexity index is 1210. The lowest BCUT2D eigenvalue weighted by atomic mass is 10.0. The van der Waals surface area contributed by atoms with Gasteiger partial charge in [0, 0.05) is 13.2 Å². The molecule has 0 saturated carbocycles. The fourth-order valence-corrected chi connectivity index (χ4v) is 8.67. The predicted octanol–water partition coefficient (Wildman–Crippen LogP) is 12.5. The van der Waals surface area contributed by atoms with Crippen molar-refractivity contribution in [1.29, 1.82) is 0 Å². The molecule has 64 heavy (non-hydrogen) atoms. The van der Waals surface area contributed by atoms with Crippen molar-refractivity contribution >= 4 is 21.1 Å². The van der Waals surface area contributed by atoms with E-state index >= 15 is 0 Å². The van der Waals surface area contributed by atoms with Crippen LogP contribution in [0.15, 0.2) is 0 Å². The third-order valence-electron chi connectivity index (χ3n) is 10.8. The zero-order valence-corrected chi connectivity index (χ0v) is 42.4. The summed E-state index contributed by atoms with van der Waals surface area (Å²) in [6, 6.07) is 0. The van der Waals surface area contributed by atoms with Gasteiger partial charge in [0.15, 0.2) is 0 Å². The van der Waals surface area contributed by atoms with Crippen molar-refractivity contribution in [2.45, 2.75) is 201 Å². The summed E-state index contributed by atoms with van der Waals surface area (Å²) >= 11 is 0. The van der Waals surface area contributed by atoms with Gasteiger partial charge in [-0.05, 0) is 19.8 Å². The van der Waals surface area contributed by atoms with Crippen molar-refractivity contribution in [3.8, 4) is 11.8 Å². The number of hydrogen-bond acceptors (Lipinski definition) is 13. The van der Waals surface area contributed by atoms with Crippen LogP contribution < -0.4 is 15.2 Å². The predicted molar refractivity (Wildman–Crippen MR) is 258 cm³/mol. The number of anilines is 1. The minimum Gasteiger partial charge on any atom is -0.475 e. The SMILES string of the molecule is CCCCCCCCCCCCCCCCOCCOP(=O)(O)COCCOc1nc(N)nc(OCCOCP(=O)(O)OCCOCCCCCCCCCCCCCCCC)c1C. The summed E-state index contributed by atoms with van der Waals surface area (Å²) in [5.41, 5.74) is 6.31. The molecule has 15 nitrogen and oxygen atoms in total. The molecule has 0 saturated heterocycles. The normalized spacial score (nSPS) is 13.6. The van der Waals surface area contributed by atoms with Crippen LogP contribution in [-0.4, -0.2) is 98.5 Å². The van der Waals surface area contributed by atoms with E-state index in [1.54, 1.807) is 6.92 Å². The van der Waals surface area contributed by atoms with Crippen molar-refractivity contribution < 1.29 is 56.4 Å². The smallest absolute Gasteiger partial charge is 0.353 e. The quantitative estimate of drug-likeness (QED) is 0.0411. The van der Waals surface area contributed by atoms with Crippen LogP contribution in [-0.2, 0) is 37.1 Å². The molecule has 17 heteroatoms. The molecule has 0 aliphatic heterocycles. The molecule has 0 amide bonds. The van der Waals surface area contributed by atoms with Crippen LogP contribution in [0.2, 0.25) is 0 Å². The highest BCUT2D eigenvalue weighted by atomic mass is 31.2. The molecule has 0 aliphatic rings. The number of unbranched alkanes of at least 4 members (excludes halogenated alkanes) is 26. The second-order valence-corrected chi connectivity index (χ2v) is 20.5. The standard InChI is InChI=1S/C47H93N3O12P2/c1-4-6-8-10-12-14-16-18-20-22-24-26-28-30-32-55-36-40-61-63(51,52)42-57-34-38-59-45-44(3)46(50-47(48)49-45)60-39-35-58-43-64(53,54)62-41-37-56-33-31-29-27-25-23-21-19-17-15-13-11-9-7-5-2/h4-43H2,1-3H3,(H,51,52)(H,53,54)(H2,48,49,50). The van der Waals surface area contributed by atoms with Crippen LogP contribution in [0.5, 0.6) is 11.8 Å². The average molecular weight is 954 g/mol. The van der Waals surface area contributed by atoms with Crippen LogP contribution in [0.4, 0.5) is 5.95 Å². The molecule has 0 spiro atoms. The highest BCUT2D eigenvalue weighted by molar-refractivity contribution is 7.52. The van der Waals surface area contributed by atoms with Gasteiger partial charge in [0.2, 0.25) is 17.7 Å². The van der Waals surface area contributed by atoms with Gasteiger partial charge in [-0.1, -0.05) is 181 Å². The third-order valence-corrected chi connectivity index (χ3v) is 13.0. The number of nitrogen functional groups attached to an aromatic ring is 1. The first-order valence-electron chi connectivity index (χ1n) is 25.2. The van der Waals surface area contributed by atoms with Crippen molar-refractivity contribution in [2.75, 3.05) is 84.5 Å². The summed E-state index contributed by atoms with van der Waals surface area (Å²) in [7, 11) is -7.91. The van der Waals surface area contributed by atoms with Gasteiger partial charge >= 0.3 is 15.2 Å². The lowest BCUT2D eigenvalue weighted by Crippen LogP contribution is -2.14. The first kappa shape index (κ1) is 60.6. The van der Waals surface area contributed by atoms with E-state index in [4.69, 9.17) is 43.2 Å². The maximum Gasteiger partial charge on any atom is 0.353 e. The molecule has 0 fully saturated rings. The molecule has 1 aromatic rings. The molecular weight excluding hydrogens is 860 g/mol. The van der Waals surface area contributed by atoms with Gasteiger partial charge in [0.05, 0.1) is 45.2 Å². The van der Waals surface area contributed by atoms with Crippen LogP contribution >= 0.6 is 15.2 Å². The molecule has 2 atom stereocenters. The molecule has 1 rings (SSSR count). The van der Waals surface area contributed by atoms with E-state index in [9.17, 15) is 18.9 Å². The molecule has 378 valence electrons. The Kier molecular flexibility index (Phi) is 40.7. The van der Waals surface area contributed by atoms with Crippen LogP contribution in [0, 0.1) is 6.92 Å². The van der Waals surface area contributed by atoms with Crippen molar-refractivity contribution in [1.82, 2.24) is 9.97 Å². The summed E-state index contributed by atoms with van der Waals surface area (Å²) < 4.78 is 68.0. The fourth-order valence-electron chi connectivity index (χ4n) is 7.08. The number of ether oxygens (including phenoxy) is 6. The van der Waals surface area contributed by atoms with Crippen LogP contribution in [0.1, 0.15) is 199 Å². The monoisotopic (exact) mass is 954 g/mol. The third kappa shape index (κ3) is 38.7. The van der Waals surface area contributed by atoms with Crippen molar-refractivity contribution in [3.63, 3.8) is 0 Å². The average Bonchev–Trinajstić information content (AvgIpc) is 3.26. The van der Waals surface area contributed by atoms with Gasteiger partial charge < -0.3 is 53.0 Å². The molecule has 4 N–H and O–H groups in total. The number of nitrogens with two attached hydrogens (primary N) is 1. The Hall–Kier alpha value is -1.38. The topological polar surface area (TPSA) is 200 Å². The summed E-state index contributed by atoms with van der Waals surface area (Å²) in [6.07, 6.45) is 35.4. The highest BCUT2D eigenvalue weighted by Gasteiger charge is 2.21. The number of nitrogens with zero attached hydrogens (tertiary/aromatic N) is 2. The zero-order valence-electron chi connectivity index (χ0n) is 40.6. The van der Waals surface area contributed by atoms with Crippen molar-refractivity contribution in [2.24, 2.45) is 0 Å². The second kappa shape index (κ2) is 42.9. The molecular formula is C47H93N3O12P2. The molecule has 1 heterocycles. The molecule has 2 unspecified atom stereocenters. The van der Waals surface area contributed by atoms with Gasteiger partial charge in [-0.2, -0.15) is 9.97 Å². The first-order valence-corrected chi connectivity index (χ1v) is 28.8. The van der Waals surface area contributed by atoms with E-state index in [2.05, 4.69) is 23.8 Å². The van der Waals surface area contributed by atoms with Crippen molar-refractivity contribution in [3.05, 3.63) is 5.56 Å². The summed E-state index contributed by atoms with van der Waals surface area (Å²) in [6.45, 7) is 7.91. The highest BCUT2D eigenvalue weighted by Crippen LogP contribution is 2.42. The van der Waals surface area contributed by atoms with E-state index in [0.29, 0.717) is 18.8 Å². The Balaban J connectivity index is 2.04. The zero-order chi connectivity index (χ0) is 46.7. The lowest BCUT2D eigenvalue weighted by Gasteiger charge is -2.15. The second-order valence-electron chi connectivity index (χ2n) is 16.9. The Morgan fingerprint density at radius 2 is 0.688 bits per heavy atom. The molecule has 0 aliphatic carbocycles. The number of aromatic nitrogens is 2. The van der Waals surface area contributed by atoms with Gasteiger partial charge in [-0.25, -0.2) is 0 Å². The van der Waals surface area contributed by atoms with E-state index in [1.807, 2.05) is 0 Å². The van der Waals surface area contributed by atoms with E-state index < -0.39 is 27.9 Å². The fraction of sp³-hybridized carbons (Fsp3) is 0.915. The number of rotatable bonds is 50. The van der Waals surface area contributed by atoms with Gasteiger partial charge in [0.25, 0.3) is 0 Å². The van der Waals surface area contributed by atoms with Gasteiger partial charge in [0.1, 0.15) is 25.9 Å². The summed E-state index contributed by atoms with van der Waals surface area (Å²) in [5.74, 6) is 0.231. The molecule has 0 bridgehead atoms. The summed E-state index contributed by atoms with van der Waals surface area (Å²) in [5, 5.41) is 0. The maximum atomic E-state index is 12.3. The minimum atomic E-state index is -3.95.